The predicted molar refractivity (Wildman–Crippen MR) is 84.4 cm³/mol. The van der Waals surface area contributed by atoms with Crippen LogP contribution in [0.5, 0.6) is 0 Å². The smallest absolute Gasteiger partial charge is 0.317 e. The Morgan fingerprint density at radius 3 is 2.90 bits per heavy atom. The van der Waals surface area contributed by atoms with Crippen molar-refractivity contribution in [1.82, 2.24) is 10.2 Å². The van der Waals surface area contributed by atoms with E-state index in [9.17, 15) is 4.79 Å². The second kappa shape index (κ2) is 7.57. The number of carbonyl (C=O) groups is 1. The van der Waals surface area contributed by atoms with Crippen LogP contribution in [0, 0.1) is 19.8 Å². The number of likely N-dealkylation sites (tertiary alicyclic amines) is 1. The summed E-state index contributed by atoms with van der Waals surface area (Å²) in [6.45, 7) is 8.36. The van der Waals surface area contributed by atoms with Gasteiger partial charge in [0.15, 0.2) is 0 Å². The number of aryl methyl sites for hydroxylation is 2. The number of carboxylic acid groups (broad SMARTS) is 1. The molecule has 1 aromatic carbocycles. The molecule has 0 spiro atoms. The van der Waals surface area contributed by atoms with Gasteiger partial charge >= 0.3 is 5.97 Å². The summed E-state index contributed by atoms with van der Waals surface area (Å²) in [5.74, 6) is -0.220. The van der Waals surface area contributed by atoms with Gasteiger partial charge in [0.1, 0.15) is 0 Å². The minimum atomic E-state index is -0.780. The molecule has 2 rings (SSSR count). The first kappa shape index (κ1) is 16.0. The molecule has 4 heteroatoms. The van der Waals surface area contributed by atoms with Gasteiger partial charge in [-0.3, -0.25) is 9.69 Å². The molecule has 0 amide bonds. The van der Waals surface area contributed by atoms with Gasteiger partial charge in [0.05, 0.1) is 6.54 Å². The maximum Gasteiger partial charge on any atom is 0.317 e. The highest BCUT2D eigenvalue weighted by atomic mass is 16.4. The van der Waals surface area contributed by atoms with E-state index >= 15 is 0 Å². The average molecular weight is 290 g/mol. The Bertz CT molecular complexity index is 488. The van der Waals surface area contributed by atoms with Gasteiger partial charge in [-0.15, -0.1) is 0 Å². The normalized spacial score (nSPS) is 19.6. The number of rotatable bonds is 6. The fourth-order valence-corrected chi connectivity index (χ4v) is 3.00. The highest BCUT2D eigenvalue weighted by molar-refractivity contribution is 5.68. The Morgan fingerprint density at radius 2 is 2.19 bits per heavy atom. The topological polar surface area (TPSA) is 52.6 Å². The first-order valence-electron chi connectivity index (χ1n) is 7.75. The van der Waals surface area contributed by atoms with Gasteiger partial charge in [-0.1, -0.05) is 18.2 Å². The standard InChI is InChI=1S/C17H26N2O2/c1-13-5-6-15(8-14(13)2)11-19-7-3-4-16(12-19)9-18-10-17(20)21/h5-6,8,16,18H,3-4,7,9-12H2,1-2H3,(H,20,21). The molecule has 0 radical (unpaired) electrons. The van der Waals surface area contributed by atoms with E-state index in [1.165, 1.54) is 29.5 Å². The van der Waals surface area contributed by atoms with E-state index in [4.69, 9.17) is 5.11 Å². The van der Waals surface area contributed by atoms with Crippen LogP contribution in [-0.4, -0.2) is 42.2 Å². The molecular formula is C17H26N2O2. The number of nitrogens with zero attached hydrogens (tertiary/aromatic N) is 1. The molecule has 0 saturated carbocycles. The fraction of sp³-hybridized carbons (Fsp3) is 0.588. The highest BCUT2D eigenvalue weighted by Gasteiger charge is 2.19. The predicted octanol–water partition coefficient (Wildman–Crippen LogP) is 2.19. The van der Waals surface area contributed by atoms with Crippen molar-refractivity contribution in [1.29, 1.82) is 0 Å². The van der Waals surface area contributed by atoms with E-state index in [-0.39, 0.29) is 6.54 Å². The molecule has 116 valence electrons. The summed E-state index contributed by atoms with van der Waals surface area (Å²) in [7, 11) is 0. The van der Waals surface area contributed by atoms with E-state index in [1.807, 2.05) is 0 Å². The summed E-state index contributed by atoms with van der Waals surface area (Å²) in [6.07, 6.45) is 2.39. The number of aliphatic carboxylic acids is 1. The molecule has 0 aromatic heterocycles. The molecule has 1 aliphatic rings. The summed E-state index contributed by atoms with van der Waals surface area (Å²) < 4.78 is 0. The van der Waals surface area contributed by atoms with Crippen molar-refractivity contribution in [3.8, 4) is 0 Å². The molecule has 0 bridgehead atoms. The number of hydrogen-bond acceptors (Lipinski definition) is 3. The molecule has 2 N–H and O–H groups in total. The van der Waals surface area contributed by atoms with Gasteiger partial charge < -0.3 is 10.4 Å². The van der Waals surface area contributed by atoms with Crippen molar-refractivity contribution in [2.45, 2.75) is 33.2 Å². The molecule has 4 nitrogen and oxygen atoms in total. The third-order valence-corrected chi connectivity index (χ3v) is 4.29. The lowest BCUT2D eigenvalue weighted by Crippen LogP contribution is -2.40. The summed E-state index contributed by atoms with van der Waals surface area (Å²) in [5.41, 5.74) is 4.06. The van der Waals surface area contributed by atoms with Crippen molar-refractivity contribution in [2.75, 3.05) is 26.2 Å². The monoisotopic (exact) mass is 290 g/mol. The van der Waals surface area contributed by atoms with Gasteiger partial charge in [0, 0.05) is 13.1 Å². The number of carboxylic acids is 1. The van der Waals surface area contributed by atoms with Crippen LogP contribution in [0.1, 0.15) is 29.5 Å². The molecule has 1 saturated heterocycles. The molecule has 0 aliphatic carbocycles. The average Bonchev–Trinajstić information content (AvgIpc) is 2.43. The van der Waals surface area contributed by atoms with Gasteiger partial charge in [-0.2, -0.15) is 0 Å². The first-order valence-corrected chi connectivity index (χ1v) is 7.75. The van der Waals surface area contributed by atoms with Crippen molar-refractivity contribution < 1.29 is 9.90 Å². The lowest BCUT2D eigenvalue weighted by molar-refractivity contribution is -0.136. The second-order valence-corrected chi connectivity index (χ2v) is 6.19. The molecule has 1 unspecified atom stereocenters. The second-order valence-electron chi connectivity index (χ2n) is 6.19. The maximum absolute atomic E-state index is 10.5. The number of nitrogens with one attached hydrogen (secondary N) is 1. The molecule has 1 aromatic rings. The van der Waals surface area contributed by atoms with E-state index in [0.717, 1.165) is 26.2 Å². The van der Waals surface area contributed by atoms with Gasteiger partial charge in [-0.05, 0) is 62.4 Å². The minimum Gasteiger partial charge on any atom is -0.480 e. The van der Waals surface area contributed by atoms with Crippen LogP contribution in [-0.2, 0) is 11.3 Å². The van der Waals surface area contributed by atoms with Crippen molar-refractivity contribution >= 4 is 5.97 Å². The Morgan fingerprint density at radius 1 is 1.38 bits per heavy atom. The van der Waals surface area contributed by atoms with Crippen molar-refractivity contribution in [3.63, 3.8) is 0 Å². The minimum absolute atomic E-state index is 0.0632. The molecule has 1 atom stereocenters. The lowest BCUT2D eigenvalue weighted by Gasteiger charge is -2.33. The third-order valence-electron chi connectivity index (χ3n) is 4.29. The van der Waals surface area contributed by atoms with E-state index in [1.54, 1.807) is 0 Å². The van der Waals surface area contributed by atoms with E-state index in [2.05, 4.69) is 42.3 Å². The fourth-order valence-electron chi connectivity index (χ4n) is 3.00. The van der Waals surface area contributed by atoms with Gasteiger partial charge in [-0.25, -0.2) is 0 Å². The van der Waals surface area contributed by atoms with Crippen LogP contribution < -0.4 is 5.32 Å². The summed E-state index contributed by atoms with van der Waals surface area (Å²) in [6, 6.07) is 6.69. The molecule has 1 fully saturated rings. The summed E-state index contributed by atoms with van der Waals surface area (Å²) in [5, 5.41) is 11.7. The Labute approximate surface area is 127 Å². The first-order chi connectivity index (χ1) is 10.0. The Balaban J connectivity index is 1.83. The Kier molecular flexibility index (Phi) is 5.76. The van der Waals surface area contributed by atoms with Crippen LogP contribution in [0.15, 0.2) is 18.2 Å². The zero-order valence-corrected chi connectivity index (χ0v) is 13.1. The zero-order valence-electron chi connectivity index (χ0n) is 13.1. The van der Waals surface area contributed by atoms with Crippen LogP contribution >= 0.6 is 0 Å². The third kappa shape index (κ3) is 5.14. The van der Waals surface area contributed by atoms with Crippen molar-refractivity contribution in [3.05, 3.63) is 34.9 Å². The number of piperidine rings is 1. The quantitative estimate of drug-likeness (QED) is 0.843. The summed E-state index contributed by atoms with van der Waals surface area (Å²) in [4.78, 5) is 13.0. The van der Waals surface area contributed by atoms with Crippen LogP contribution in [0.2, 0.25) is 0 Å². The van der Waals surface area contributed by atoms with Crippen molar-refractivity contribution in [2.24, 2.45) is 5.92 Å². The Hall–Kier alpha value is -1.39. The van der Waals surface area contributed by atoms with Crippen LogP contribution in [0.3, 0.4) is 0 Å². The molecule has 1 heterocycles. The largest absolute Gasteiger partial charge is 0.480 e. The molecule has 1 aliphatic heterocycles. The maximum atomic E-state index is 10.5. The number of benzene rings is 1. The van der Waals surface area contributed by atoms with E-state index in [0.29, 0.717) is 5.92 Å². The van der Waals surface area contributed by atoms with Gasteiger partial charge in [0.2, 0.25) is 0 Å². The van der Waals surface area contributed by atoms with Crippen LogP contribution in [0.25, 0.3) is 0 Å². The molecular weight excluding hydrogens is 264 g/mol. The zero-order chi connectivity index (χ0) is 15.2. The highest BCUT2D eigenvalue weighted by Crippen LogP contribution is 2.19. The van der Waals surface area contributed by atoms with Gasteiger partial charge in [0.25, 0.3) is 0 Å². The number of hydrogen-bond donors (Lipinski definition) is 2. The van der Waals surface area contributed by atoms with Crippen LogP contribution in [0.4, 0.5) is 0 Å². The lowest BCUT2D eigenvalue weighted by atomic mass is 9.97. The molecule has 21 heavy (non-hydrogen) atoms. The SMILES string of the molecule is Cc1ccc(CN2CCCC(CNCC(=O)O)C2)cc1C. The summed E-state index contributed by atoms with van der Waals surface area (Å²) >= 11 is 0. The van der Waals surface area contributed by atoms with E-state index < -0.39 is 5.97 Å².